The van der Waals surface area contributed by atoms with Crippen LogP contribution >= 0.6 is 11.6 Å². The van der Waals surface area contributed by atoms with E-state index < -0.39 is 17.5 Å². The molecular formula is C14H9ClF3N3. The maximum Gasteiger partial charge on any atom is 0.164 e. The number of aryl methyl sites for hydroxylation is 1. The molecule has 3 nitrogen and oxygen atoms in total. The molecule has 21 heavy (non-hydrogen) atoms. The number of benzene rings is 1. The quantitative estimate of drug-likeness (QED) is 0.546. The van der Waals surface area contributed by atoms with Gasteiger partial charge in [-0.2, -0.15) is 0 Å². The van der Waals surface area contributed by atoms with Crippen molar-refractivity contribution < 1.29 is 13.2 Å². The second-order valence-corrected chi connectivity index (χ2v) is 4.74. The van der Waals surface area contributed by atoms with Crippen LogP contribution in [0.4, 0.5) is 13.2 Å². The van der Waals surface area contributed by atoms with Crippen molar-refractivity contribution in [1.82, 2.24) is 14.5 Å². The zero-order valence-electron chi connectivity index (χ0n) is 10.7. The predicted molar refractivity (Wildman–Crippen MR) is 73.2 cm³/mol. The van der Waals surface area contributed by atoms with Crippen LogP contribution in [0, 0.1) is 17.5 Å². The lowest BCUT2D eigenvalue weighted by Crippen LogP contribution is -2.06. The minimum atomic E-state index is -1.24. The molecule has 0 aliphatic heterocycles. The molecule has 0 spiro atoms. The number of pyridine rings is 1. The van der Waals surface area contributed by atoms with Crippen molar-refractivity contribution in [2.24, 2.45) is 0 Å². The highest BCUT2D eigenvalue weighted by molar-refractivity contribution is 6.17. The topological polar surface area (TPSA) is 30.7 Å². The Kier molecular flexibility index (Phi) is 3.55. The first-order valence-electron chi connectivity index (χ1n) is 6.15. The Labute approximate surface area is 123 Å². The SMILES string of the molecule is Fc1cc(F)c(-n2c(CCCl)nc3cccnc32)cc1F. The molecule has 3 rings (SSSR count). The molecule has 0 fully saturated rings. The molecule has 0 N–H and O–H groups in total. The summed E-state index contributed by atoms with van der Waals surface area (Å²) in [4.78, 5) is 8.43. The second-order valence-electron chi connectivity index (χ2n) is 4.37. The Morgan fingerprint density at radius 2 is 1.86 bits per heavy atom. The van der Waals surface area contributed by atoms with E-state index in [0.29, 0.717) is 29.5 Å². The van der Waals surface area contributed by atoms with Gasteiger partial charge in [0.2, 0.25) is 0 Å². The summed E-state index contributed by atoms with van der Waals surface area (Å²) in [5, 5.41) is 0. The normalized spacial score (nSPS) is 11.2. The van der Waals surface area contributed by atoms with E-state index in [2.05, 4.69) is 9.97 Å². The fourth-order valence-corrected chi connectivity index (χ4v) is 2.32. The Balaban J connectivity index is 2.32. The lowest BCUT2D eigenvalue weighted by Gasteiger charge is -2.09. The maximum atomic E-state index is 14.0. The van der Waals surface area contributed by atoms with Crippen LogP contribution in [-0.2, 0) is 6.42 Å². The Morgan fingerprint density at radius 1 is 1.10 bits per heavy atom. The fourth-order valence-electron chi connectivity index (χ4n) is 2.15. The molecule has 7 heteroatoms. The van der Waals surface area contributed by atoms with E-state index >= 15 is 0 Å². The van der Waals surface area contributed by atoms with Gasteiger partial charge in [0, 0.05) is 30.6 Å². The van der Waals surface area contributed by atoms with Gasteiger partial charge in [0.25, 0.3) is 0 Å². The number of rotatable bonds is 3. The van der Waals surface area contributed by atoms with Gasteiger partial charge in [-0.3, -0.25) is 4.57 Å². The van der Waals surface area contributed by atoms with Crippen molar-refractivity contribution in [1.29, 1.82) is 0 Å². The van der Waals surface area contributed by atoms with E-state index in [1.165, 1.54) is 10.8 Å². The van der Waals surface area contributed by atoms with Crippen LogP contribution in [-0.4, -0.2) is 20.4 Å². The minimum Gasteiger partial charge on any atom is -0.278 e. The van der Waals surface area contributed by atoms with Gasteiger partial charge in [-0.15, -0.1) is 11.6 Å². The average Bonchev–Trinajstić information content (AvgIpc) is 2.81. The van der Waals surface area contributed by atoms with Crippen LogP contribution < -0.4 is 0 Å². The number of halogens is 4. The van der Waals surface area contributed by atoms with Crippen LogP contribution in [0.25, 0.3) is 16.9 Å². The van der Waals surface area contributed by atoms with Gasteiger partial charge in [0.15, 0.2) is 17.3 Å². The highest BCUT2D eigenvalue weighted by atomic mass is 35.5. The molecule has 0 radical (unpaired) electrons. The minimum absolute atomic E-state index is 0.143. The fraction of sp³-hybridized carbons (Fsp3) is 0.143. The molecule has 0 unspecified atom stereocenters. The van der Waals surface area contributed by atoms with Crippen molar-refractivity contribution in [3.8, 4) is 5.69 Å². The van der Waals surface area contributed by atoms with E-state index in [1.54, 1.807) is 12.1 Å². The molecule has 0 aliphatic carbocycles. The number of fused-ring (bicyclic) bond motifs is 1. The van der Waals surface area contributed by atoms with Crippen LogP contribution in [0.2, 0.25) is 0 Å². The van der Waals surface area contributed by atoms with Crippen LogP contribution in [0.5, 0.6) is 0 Å². The molecule has 0 atom stereocenters. The second kappa shape index (κ2) is 5.37. The van der Waals surface area contributed by atoms with E-state index in [1.807, 2.05) is 0 Å². The summed E-state index contributed by atoms with van der Waals surface area (Å²) in [6, 6.07) is 4.68. The maximum absolute atomic E-state index is 14.0. The number of hydrogen-bond acceptors (Lipinski definition) is 2. The summed E-state index contributed by atoms with van der Waals surface area (Å²) < 4.78 is 41.9. The zero-order chi connectivity index (χ0) is 15.0. The Hall–Kier alpha value is -2.08. The molecule has 2 heterocycles. The first-order valence-corrected chi connectivity index (χ1v) is 6.68. The summed E-state index contributed by atoms with van der Waals surface area (Å²) in [7, 11) is 0. The summed E-state index contributed by atoms with van der Waals surface area (Å²) in [6.07, 6.45) is 1.86. The highest BCUT2D eigenvalue weighted by Crippen LogP contribution is 2.24. The van der Waals surface area contributed by atoms with Gasteiger partial charge >= 0.3 is 0 Å². The Morgan fingerprint density at radius 3 is 2.62 bits per heavy atom. The van der Waals surface area contributed by atoms with Crippen LogP contribution in [0.3, 0.4) is 0 Å². The lowest BCUT2D eigenvalue weighted by molar-refractivity contribution is 0.492. The molecule has 0 amide bonds. The zero-order valence-corrected chi connectivity index (χ0v) is 11.4. The number of alkyl halides is 1. The van der Waals surface area contributed by atoms with Gasteiger partial charge < -0.3 is 0 Å². The molecule has 0 aliphatic rings. The van der Waals surface area contributed by atoms with Crippen LogP contribution in [0.15, 0.2) is 30.5 Å². The van der Waals surface area contributed by atoms with Crippen molar-refractivity contribution in [2.45, 2.75) is 6.42 Å². The van der Waals surface area contributed by atoms with Gasteiger partial charge in [0.05, 0.1) is 5.69 Å². The molecule has 0 bridgehead atoms. The first-order chi connectivity index (χ1) is 10.1. The van der Waals surface area contributed by atoms with Gasteiger partial charge in [-0.1, -0.05) is 0 Å². The number of hydrogen-bond donors (Lipinski definition) is 0. The van der Waals surface area contributed by atoms with Gasteiger partial charge in [-0.05, 0) is 12.1 Å². The van der Waals surface area contributed by atoms with E-state index in [-0.39, 0.29) is 11.6 Å². The van der Waals surface area contributed by atoms with Crippen molar-refractivity contribution in [2.75, 3.05) is 5.88 Å². The van der Waals surface area contributed by atoms with Crippen molar-refractivity contribution in [3.63, 3.8) is 0 Å². The largest absolute Gasteiger partial charge is 0.278 e. The summed E-state index contributed by atoms with van der Waals surface area (Å²) in [5.41, 5.74) is 0.750. The number of aromatic nitrogens is 3. The third-order valence-electron chi connectivity index (χ3n) is 3.03. The van der Waals surface area contributed by atoms with E-state index in [4.69, 9.17) is 11.6 Å². The first kappa shape index (κ1) is 13.9. The van der Waals surface area contributed by atoms with E-state index in [9.17, 15) is 13.2 Å². The smallest absolute Gasteiger partial charge is 0.164 e. The lowest BCUT2D eigenvalue weighted by atomic mass is 10.2. The molecule has 0 saturated heterocycles. The van der Waals surface area contributed by atoms with Gasteiger partial charge in [-0.25, -0.2) is 23.1 Å². The standard InChI is InChI=1S/C14H9ClF3N3/c15-4-3-13-20-11-2-1-5-19-14(11)21(13)12-7-9(17)8(16)6-10(12)18/h1-2,5-7H,3-4H2. The molecule has 1 aromatic carbocycles. The summed E-state index contributed by atoms with van der Waals surface area (Å²) >= 11 is 5.72. The van der Waals surface area contributed by atoms with Gasteiger partial charge in [0.1, 0.15) is 17.2 Å². The third kappa shape index (κ3) is 2.35. The highest BCUT2D eigenvalue weighted by Gasteiger charge is 2.18. The molecule has 3 aromatic rings. The third-order valence-corrected chi connectivity index (χ3v) is 3.22. The van der Waals surface area contributed by atoms with Crippen molar-refractivity contribution >= 4 is 22.8 Å². The summed E-state index contributed by atoms with van der Waals surface area (Å²) in [6.45, 7) is 0. The molecule has 108 valence electrons. The van der Waals surface area contributed by atoms with Crippen molar-refractivity contribution in [3.05, 3.63) is 53.7 Å². The Bertz CT molecular complexity index is 817. The predicted octanol–water partition coefficient (Wildman–Crippen LogP) is 3.62. The van der Waals surface area contributed by atoms with E-state index in [0.717, 1.165) is 6.07 Å². The summed E-state index contributed by atoms with van der Waals surface area (Å²) in [5.74, 6) is -2.58. The molecule has 0 saturated carbocycles. The number of nitrogens with zero attached hydrogens (tertiary/aromatic N) is 3. The average molecular weight is 312 g/mol. The monoisotopic (exact) mass is 311 g/mol. The molecule has 2 aromatic heterocycles. The van der Waals surface area contributed by atoms with Crippen LogP contribution in [0.1, 0.15) is 5.82 Å². The molecular weight excluding hydrogens is 303 g/mol. The number of imidazole rings is 1.